The molecule has 0 aliphatic carbocycles. The molecule has 2 aromatic carbocycles. The highest BCUT2D eigenvalue weighted by atomic mass is 16.4. The van der Waals surface area contributed by atoms with Crippen LogP contribution in [0.2, 0.25) is 0 Å². The van der Waals surface area contributed by atoms with Gasteiger partial charge in [-0.25, -0.2) is 4.79 Å². The van der Waals surface area contributed by atoms with Crippen LogP contribution in [0.3, 0.4) is 0 Å². The molecule has 0 spiro atoms. The number of anilines is 2. The molecule has 3 rings (SSSR count). The number of benzene rings is 2. The fourth-order valence-electron chi connectivity index (χ4n) is 2.80. The van der Waals surface area contributed by atoms with Crippen molar-refractivity contribution in [1.82, 2.24) is 0 Å². The van der Waals surface area contributed by atoms with E-state index < -0.39 is 11.9 Å². The predicted molar refractivity (Wildman–Crippen MR) is 94.1 cm³/mol. The van der Waals surface area contributed by atoms with E-state index in [2.05, 4.69) is 5.32 Å². The smallest absolute Gasteiger partial charge is 0.337 e. The summed E-state index contributed by atoms with van der Waals surface area (Å²) >= 11 is 0. The molecular weight excluding hydrogens is 336 g/mol. The lowest BCUT2D eigenvalue weighted by atomic mass is 10.1. The van der Waals surface area contributed by atoms with Gasteiger partial charge in [0.05, 0.1) is 16.9 Å². The van der Waals surface area contributed by atoms with Crippen molar-refractivity contribution in [2.24, 2.45) is 0 Å². The largest absolute Gasteiger partial charge is 0.478 e. The number of carbonyl (C=O) groups is 4. The summed E-state index contributed by atoms with van der Waals surface area (Å²) in [6.07, 6.45) is 1.10. The van der Waals surface area contributed by atoms with Gasteiger partial charge in [0.2, 0.25) is 11.8 Å². The van der Waals surface area contributed by atoms with Crippen LogP contribution in [0.4, 0.5) is 11.4 Å². The molecule has 7 nitrogen and oxygen atoms in total. The first kappa shape index (κ1) is 17.3. The minimum atomic E-state index is -1.15. The van der Waals surface area contributed by atoms with Gasteiger partial charge in [-0.3, -0.25) is 19.3 Å². The molecule has 2 aromatic rings. The van der Waals surface area contributed by atoms with Gasteiger partial charge in [0.15, 0.2) is 0 Å². The monoisotopic (exact) mass is 352 g/mol. The standard InChI is InChI=1S/C19H16N2O5/c22-16-9-4-10-17(23)21(16)13-6-3-5-12(11-13)18(24)20-15-8-2-1-7-14(15)19(25)26/h1-3,5-8,11H,4,9-10H2,(H,20,24)(H,25,26). The van der Waals surface area contributed by atoms with Gasteiger partial charge in [-0.2, -0.15) is 0 Å². The van der Waals surface area contributed by atoms with Gasteiger partial charge >= 0.3 is 5.97 Å². The summed E-state index contributed by atoms with van der Waals surface area (Å²) < 4.78 is 0. The summed E-state index contributed by atoms with van der Waals surface area (Å²) in [6.45, 7) is 0. The predicted octanol–water partition coefficient (Wildman–Crippen LogP) is 2.68. The van der Waals surface area contributed by atoms with E-state index in [0.29, 0.717) is 12.1 Å². The first-order valence-electron chi connectivity index (χ1n) is 8.07. The Balaban J connectivity index is 1.86. The second-order valence-electron chi connectivity index (χ2n) is 5.83. The molecule has 1 aliphatic rings. The minimum Gasteiger partial charge on any atom is -0.478 e. The summed E-state index contributed by atoms with van der Waals surface area (Å²) in [5.74, 6) is -2.28. The molecule has 1 heterocycles. The number of piperidine rings is 1. The molecule has 0 radical (unpaired) electrons. The number of amides is 3. The van der Waals surface area contributed by atoms with Crippen molar-refractivity contribution in [3.8, 4) is 0 Å². The third-order valence-electron chi connectivity index (χ3n) is 4.05. The fourth-order valence-corrected chi connectivity index (χ4v) is 2.80. The van der Waals surface area contributed by atoms with Crippen molar-refractivity contribution in [3.05, 3.63) is 59.7 Å². The number of carboxylic acid groups (broad SMARTS) is 1. The molecule has 0 atom stereocenters. The topological polar surface area (TPSA) is 104 Å². The Morgan fingerprint density at radius 1 is 0.962 bits per heavy atom. The van der Waals surface area contributed by atoms with Gasteiger partial charge in [0.1, 0.15) is 0 Å². The van der Waals surface area contributed by atoms with Crippen LogP contribution in [0, 0.1) is 0 Å². The van der Waals surface area contributed by atoms with Gasteiger partial charge in [0.25, 0.3) is 5.91 Å². The second-order valence-corrected chi connectivity index (χ2v) is 5.83. The lowest BCUT2D eigenvalue weighted by molar-refractivity contribution is -0.129. The van der Waals surface area contributed by atoms with E-state index in [9.17, 15) is 24.3 Å². The van der Waals surface area contributed by atoms with Crippen molar-refractivity contribution < 1.29 is 24.3 Å². The van der Waals surface area contributed by atoms with E-state index in [4.69, 9.17) is 0 Å². The van der Waals surface area contributed by atoms with Gasteiger partial charge in [0, 0.05) is 18.4 Å². The number of carboxylic acids is 1. The molecule has 26 heavy (non-hydrogen) atoms. The van der Waals surface area contributed by atoms with E-state index in [1.54, 1.807) is 24.3 Å². The highest BCUT2D eigenvalue weighted by Crippen LogP contribution is 2.24. The van der Waals surface area contributed by atoms with Gasteiger partial charge in [-0.1, -0.05) is 18.2 Å². The number of rotatable bonds is 4. The van der Waals surface area contributed by atoms with Crippen molar-refractivity contribution in [1.29, 1.82) is 0 Å². The summed E-state index contributed by atoms with van der Waals surface area (Å²) in [5, 5.41) is 11.7. The van der Waals surface area contributed by atoms with Crippen LogP contribution in [0.25, 0.3) is 0 Å². The summed E-state index contributed by atoms with van der Waals surface area (Å²) in [4.78, 5) is 48.9. The molecule has 1 fully saturated rings. The average molecular weight is 352 g/mol. The van der Waals surface area contributed by atoms with Crippen LogP contribution < -0.4 is 10.2 Å². The Morgan fingerprint density at radius 3 is 2.35 bits per heavy atom. The first-order chi connectivity index (χ1) is 12.5. The van der Waals surface area contributed by atoms with Gasteiger partial charge < -0.3 is 10.4 Å². The van der Waals surface area contributed by atoms with Crippen LogP contribution in [-0.2, 0) is 9.59 Å². The fraction of sp³-hybridized carbons (Fsp3) is 0.158. The molecule has 2 N–H and O–H groups in total. The van der Waals surface area contributed by atoms with Crippen molar-refractivity contribution >= 4 is 35.1 Å². The number of carbonyl (C=O) groups excluding carboxylic acids is 3. The lowest BCUT2D eigenvalue weighted by Gasteiger charge is -2.25. The minimum absolute atomic E-state index is 0.0293. The third kappa shape index (κ3) is 3.46. The maximum absolute atomic E-state index is 12.5. The van der Waals surface area contributed by atoms with Crippen molar-refractivity contribution in [2.45, 2.75) is 19.3 Å². The van der Waals surface area contributed by atoms with Crippen molar-refractivity contribution in [2.75, 3.05) is 10.2 Å². The van der Waals surface area contributed by atoms with E-state index in [1.807, 2.05) is 0 Å². The SMILES string of the molecule is O=C(Nc1ccccc1C(=O)O)c1cccc(N2C(=O)CCCC2=O)c1. The summed E-state index contributed by atoms with van der Waals surface area (Å²) in [5.41, 5.74) is 0.687. The van der Waals surface area contributed by atoms with Crippen LogP contribution in [0.5, 0.6) is 0 Å². The molecule has 0 saturated carbocycles. The van der Waals surface area contributed by atoms with Crippen LogP contribution in [-0.4, -0.2) is 28.8 Å². The second kappa shape index (κ2) is 7.18. The Hall–Kier alpha value is -3.48. The molecule has 132 valence electrons. The average Bonchev–Trinajstić information content (AvgIpc) is 2.62. The number of nitrogens with one attached hydrogen (secondary N) is 1. The molecule has 0 bridgehead atoms. The van der Waals surface area contributed by atoms with Crippen LogP contribution >= 0.6 is 0 Å². The Kier molecular flexibility index (Phi) is 4.79. The summed E-state index contributed by atoms with van der Waals surface area (Å²) in [7, 11) is 0. The summed E-state index contributed by atoms with van der Waals surface area (Å²) in [6, 6.07) is 12.2. The maximum atomic E-state index is 12.5. The molecule has 3 amide bonds. The number of imide groups is 1. The Labute approximate surface area is 149 Å². The van der Waals surface area contributed by atoms with Crippen LogP contribution in [0.1, 0.15) is 40.0 Å². The molecular formula is C19H16N2O5. The maximum Gasteiger partial charge on any atom is 0.337 e. The molecule has 0 aromatic heterocycles. The molecule has 0 unspecified atom stereocenters. The number of aromatic carboxylic acids is 1. The van der Waals surface area contributed by atoms with E-state index in [0.717, 1.165) is 4.90 Å². The normalized spacial score (nSPS) is 14.2. The Morgan fingerprint density at radius 2 is 1.65 bits per heavy atom. The number of para-hydroxylation sites is 1. The molecule has 7 heteroatoms. The van der Waals surface area contributed by atoms with E-state index in [1.165, 1.54) is 24.3 Å². The molecule has 1 aliphatic heterocycles. The third-order valence-corrected chi connectivity index (χ3v) is 4.05. The Bertz CT molecular complexity index is 890. The van der Waals surface area contributed by atoms with Gasteiger partial charge in [-0.05, 0) is 36.8 Å². The quantitative estimate of drug-likeness (QED) is 0.823. The van der Waals surface area contributed by atoms with E-state index in [-0.39, 0.29) is 41.5 Å². The highest BCUT2D eigenvalue weighted by Gasteiger charge is 2.27. The zero-order valence-electron chi connectivity index (χ0n) is 13.8. The number of hydrogen-bond acceptors (Lipinski definition) is 4. The number of nitrogens with zero attached hydrogens (tertiary/aromatic N) is 1. The van der Waals surface area contributed by atoms with E-state index >= 15 is 0 Å². The zero-order valence-corrected chi connectivity index (χ0v) is 13.8. The van der Waals surface area contributed by atoms with Gasteiger partial charge in [-0.15, -0.1) is 0 Å². The highest BCUT2D eigenvalue weighted by molar-refractivity contribution is 6.17. The lowest BCUT2D eigenvalue weighted by Crippen LogP contribution is -2.40. The van der Waals surface area contributed by atoms with Crippen molar-refractivity contribution in [3.63, 3.8) is 0 Å². The first-order valence-corrected chi connectivity index (χ1v) is 8.07. The van der Waals surface area contributed by atoms with Crippen LogP contribution in [0.15, 0.2) is 48.5 Å². The molecule has 1 saturated heterocycles. The zero-order chi connectivity index (χ0) is 18.7. The number of hydrogen-bond donors (Lipinski definition) is 2.